The summed E-state index contributed by atoms with van der Waals surface area (Å²) in [5, 5.41) is 19.5. The van der Waals surface area contributed by atoms with Gasteiger partial charge in [0.25, 0.3) is 0 Å². The van der Waals surface area contributed by atoms with Crippen LogP contribution in [-0.2, 0) is 4.79 Å². The number of carbonyl (C=O) groups excluding carboxylic acids is 1. The van der Waals surface area contributed by atoms with Gasteiger partial charge in [-0.2, -0.15) is 5.26 Å². The number of rotatable bonds is 6. The number of nitrogens with one attached hydrogen (secondary N) is 1. The molecule has 0 bridgehead atoms. The summed E-state index contributed by atoms with van der Waals surface area (Å²) in [5.74, 6) is -0.183. The fraction of sp³-hybridized carbons (Fsp3) is 0.778. The van der Waals surface area contributed by atoms with Gasteiger partial charge in [-0.15, -0.1) is 0 Å². The Balaban J connectivity index is 3.36. The second kappa shape index (κ2) is 7.56. The van der Waals surface area contributed by atoms with Crippen molar-refractivity contribution in [2.75, 3.05) is 13.2 Å². The highest BCUT2D eigenvalue weighted by molar-refractivity contribution is 5.75. The molecule has 0 fully saturated rings. The zero-order valence-corrected chi connectivity index (χ0v) is 7.92. The summed E-state index contributed by atoms with van der Waals surface area (Å²) in [6.07, 6.45) is 1.78. The van der Waals surface area contributed by atoms with E-state index in [0.717, 1.165) is 0 Å². The SMILES string of the molecule is CC(C#N)CNC(=O)CCCCO. The van der Waals surface area contributed by atoms with Crippen LogP contribution in [0.5, 0.6) is 0 Å². The first kappa shape index (κ1) is 11.9. The Morgan fingerprint density at radius 1 is 1.62 bits per heavy atom. The highest BCUT2D eigenvalue weighted by Crippen LogP contribution is 1.94. The summed E-state index contributed by atoms with van der Waals surface area (Å²) in [4.78, 5) is 11.0. The van der Waals surface area contributed by atoms with Crippen LogP contribution in [0.3, 0.4) is 0 Å². The van der Waals surface area contributed by atoms with Crippen LogP contribution in [0, 0.1) is 17.2 Å². The van der Waals surface area contributed by atoms with Crippen molar-refractivity contribution in [2.24, 2.45) is 5.92 Å². The number of amides is 1. The van der Waals surface area contributed by atoms with Crippen LogP contribution in [-0.4, -0.2) is 24.2 Å². The van der Waals surface area contributed by atoms with E-state index in [1.807, 2.05) is 6.07 Å². The van der Waals surface area contributed by atoms with Gasteiger partial charge in [0.15, 0.2) is 0 Å². The first-order valence-corrected chi connectivity index (χ1v) is 4.48. The van der Waals surface area contributed by atoms with Crippen molar-refractivity contribution in [3.05, 3.63) is 0 Å². The van der Waals surface area contributed by atoms with Crippen LogP contribution < -0.4 is 5.32 Å². The maximum atomic E-state index is 11.0. The van der Waals surface area contributed by atoms with Gasteiger partial charge >= 0.3 is 0 Å². The van der Waals surface area contributed by atoms with E-state index in [2.05, 4.69) is 5.32 Å². The number of nitrogens with zero attached hydrogens (tertiary/aromatic N) is 1. The van der Waals surface area contributed by atoms with Crippen molar-refractivity contribution >= 4 is 5.91 Å². The van der Waals surface area contributed by atoms with Crippen LogP contribution in [0.4, 0.5) is 0 Å². The summed E-state index contributed by atoms with van der Waals surface area (Å²) in [6.45, 7) is 2.30. The molecular formula is C9H16N2O2. The van der Waals surface area contributed by atoms with Crippen LogP contribution in [0.15, 0.2) is 0 Å². The van der Waals surface area contributed by atoms with E-state index >= 15 is 0 Å². The summed E-state index contributed by atoms with van der Waals surface area (Å²) in [6, 6.07) is 2.03. The van der Waals surface area contributed by atoms with Gasteiger partial charge in [-0.25, -0.2) is 0 Å². The lowest BCUT2D eigenvalue weighted by atomic mass is 10.2. The highest BCUT2D eigenvalue weighted by Gasteiger charge is 2.03. The topological polar surface area (TPSA) is 73.1 Å². The van der Waals surface area contributed by atoms with Gasteiger partial charge < -0.3 is 10.4 Å². The number of unbranched alkanes of at least 4 members (excludes halogenated alkanes) is 1. The van der Waals surface area contributed by atoms with E-state index in [0.29, 0.717) is 25.8 Å². The smallest absolute Gasteiger partial charge is 0.220 e. The third-order valence-corrected chi connectivity index (χ3v) is 1.64. The second-order valence-electron chi connectivity index (χ2n) is 3.01. The fourth-order valence-electron chi connectivity index (χ4n) is 0.798. The quantitative estimate of drug-likeness (QED) is 0.588. The number of hydrogen-bond donors (Lipinski definition) is 2. The maximum Gasteiger partial charge on any atom is 0.220 e. The maximum absolute atomic E-state index is 11.0. The largest absolute Gasteiger partial charge is 0.396 e. The molecule has 0 aliphatic heterocycles. The van der Waals surface area contributed by atoms with Crippen molar-refractivity contribution in [2.45, 2.75) is 26.2 Å². The van der Waals surface area contributed by atoms with E-state index < -0.39 is 0 Å². The molecule has 1 atom stereocenters. The van der Waals surface area contributed by atoms with Crippen LogP contribution in [0.1, 0.15) is 26.2 Å². The lowest BCUT2D eigenvalue weighted by Gasteiger charge is -2.05. The molecular weight excluding hydrogens is 168 g/mol. The minimum atomic E-state index is -0.137. The third-order valence-electron chi connectivity index (χ3n) is 1.64. The van der Waals surface area contributed by atoms with Gasteiger partial charge in [-0.05, 0) is 19.8 Å². The van der Waals surface area contributed by atoms with Gasteiger partial charge in [0.05, 0.1) is 12.0 Å². The van der Waals surface area contributed by atoms with Crippen LogP contribution in [0.25, 0.3) is 0 Å². The molecule has 4 heteroatoms. The van der Waals surface area contributed by atoms with E-state index in [1.165, 1.54) is 0 Å². The zero-order valence-electron chi connectivity index (χ0n) is 7.92. The van der Waals surface area contributed by atoms with Crippen molar-refractivity contribution in [1.29, 1.82) is 5.26 Å². The number of aliphatic hydroxyl groups excluding tert-OH is 1. The van der Waals surface area contributed by atoms with Gasteiger partial charge in [0, 0.05) is 19.6 Å². The monoisotopic (exact) mass is 184 g/mol. The molecule has 0 aliphatic rings. The summed E-state index contributed by atoms with van der Waals surface area (Å²) >= 11 is 0. The molecule has 0 saturated heterocycles. The van der Waals surface area contributed by atoms with Gasteiger partial charge in [0.1, 0.15) is 0 Å². The fourth-order valence-corrected chi connectivity index (χ4v) is 0.798. The molecule has 0 aromatic rings. The van der Waals surface area contributed by atoms with Crippen molar-refractivity contribution in [3.63, 3.8) is 0 Å². The predicted octanol–water partition coefficient (Wildman–Crippen LogP) is 0.425. The summed E-state index contributed by atoms with van der Waals surface area (Å²) in [7, 11) is 0. The number of nitriles is 1. The van der Waals surface area contributed by atoms with Crippen LogP contribution >= 0.6 is 0 Å². The van der Waals surface area contributed by atoms with Gasteiger partial charge in [-0.3, -0.25) is 4.79 Å². The molecule has 1 unspecified atom stereocenters. The number of carbonyl (C=O) groups is 1. The van der Waals surface area contributed by atoms with E-state index in [9.17, 15) is 4.79 Å². The third kappa shape index (κ3) is 7.29. The summed E-state index contributed by atoms with van der Waals surface area (Å²) < 4.78 is 0. The Kier molecular flexibility index (Phi) is 6.93. The molecule has 74 valence electrons. The van der Waals surface area contributed by atoms with Crippen molar-refractivity contribution in [3.8, 4) is 6.07 Å². The standard InChI is InChI=1S/C9H16N2O2/c1-8(6-10)7-11-9(13)4-2-3-5-12/h8,12H,2-5,7H2,1H3,(H,11,13). The molecule has 0 aliphatic carbocycles. The summed E-state index contributed by atoms with van der Waals surface area (Å²) in [5.41, 5.74) is 0. The van der Waals surface area contributed by atoms with Gasteiger partial charge in [0.2, 0.25) is 5.91 Å². The molecule has 0 radical (unpaired) electrons. The first-order valence-electron chi connectivity index (χ1n) is 4.48. The molecule has 0 spiro atoms. The average molecular weight is 184 g/mol. The lowest BCUT2D eigenvalue weighted by molar-refractivity contribution is -0.121. The molecule has 4 nitrogen and oxygen atoms in total. The van der Waals surface area contributed by atoms with E-state index in [-0.39, 0.29) is 18.4 Å². The Hall–Kier alpha value is -1.08. The normalized spacial score (nSPS) is 11.8. The predicted molar refractivity (Wildman–Crippen MR) is 48.7 cm³/mol. The zero-order chi connectivity index (χ0) is 10.1. The van der Waals surface area contributed by atoms with Gasteiger partial charge in [-0.1, -0.05) is 0 Å². The second-order valence-corrected chi connectivity index (χ2v) is 3.01. The highest BCUT2D eigenvalue weighted by atomic mass is 16.2. The number of aliphatic hydroxyl groups is 1. The van der Waals surface area contributed by atoms with E-state index in [4.69, 9.17) is 10.4 Å². The minimum Gasteiger partial charge on any atom is -0.396 e. The molecule has 0 rings (SSSR count). The molecule has 1 amide bonds. The molecule has 0 saturated carbocycles. The molecule has 2 N–H and O–H groups in total. The van der Waals surface area contributed by atoms with Crippen molar-refractivity contribution in [1.82, 2.24) is 5.32 Å². The Bertz CT molecular complexity index is 187. The first-order chi connectivity index (χ1) is 6.20. The number of hydrogen-bond acceptors (Lipinski definition) is 3. The van der Waals surface area contributed by atoms with Crippen LogP contribution in [0.2, 0.25) is 0 Å². The lowest BCUT2D eigenvalue weighted by Crippen LogP contribution is -2.27. The Morgan fingerprint density at radius 2 is 2.31 bits per heavy atom. The Labute approximate surface area is 78.6 Å². The van der Waals surface area contributed by atoms with E-state index in [1.54, 1.807) is 6.92 Å². The molecule has 13 heavy (non-hydrogen) atoms. The van der Waals surface area contributed by atoms with Crippen molar-refractivity contribution < 1.29 is 9.90 Å². The average Bonchev–Trinajstić information content (AvgIpc) is 2.14. The minimum absolute atomic E-state index is 0.0458. The molecule has 0 aromatic heterocycles. The molecule has 0 heterocycles. The molecule has 0 aromatic carbocycles. The Morgan fingerprint density at radius 3 is 2.85 bits per heavy atom.